The van der Waals surface area contributed by atoms with Crippen LogP contribution in [0.5, 0.6) is 11.5 Å². The fraction of sp³-hybridized carbons (Fsp3) is 0.158. The van der Waals surface area contributed by atoms with E-state index in [4.69, 9.17) is 32.7 Å². The minimum absolute atomic E-state index is 0.116. The highest BCUT2D eigenvalue weighted by molar-refractivity contribution is 6.31. The third kappa shape index (κ3) is 4.92. The zero-order valence-corrected chi connectivity index (χ0v) is 15.7. The van der Waals surface area contributed by atoms with Gasteiger partial charge in [0.1, 0.15) is 23.1 Å². The summed E-state index contributed by atoms with van der Waals surface area (Å²) >= 11 is 12.0. The van der Waals surface area contributed by atoms with E-state index in [1.807, 2.05) is 13.0 Å². The molecule has 0 saturated heterocycles. The molecule has 0 saturated carbocycles. The van der Waals surface area contributed by atoms with E-state index >= 15 is 0 Å². The van der Waals surface area contributed by atoms with Crippen LogP contribution < -0.4 is 14.8 Å². The number of anilines is 1. The van der Waals surface area contributed by atoms with Gasteiger partial charge in [0.15, 0.2) is 0 Å². The van der Waals surface area contributed by atoms with E-state index in [0.29, 0.717) is 39.4 Å². The van der Waals surface area contributed by atoms with Crippen LogP contribution in [0.15, 0.2) is 42.0 Å². The van der Waals surface area contributed by atoms with Crippen molar-refractivity contribution < 1.29 is 14.3 Å². The van der Waals surface area contributed by atoms with E-state index in [9.17, 15) is 10.1 Å². The van der Waals surface area contributed by atoms with Gasteiger partial charge in [0, 0.05) is 15.6 Å². The minimum Gasteiger partial charge on any atom is -0.495 e. The molecule has 1 amide bonds. The minimum atomic E-state index is -0.601. The number of methoxy groups -OCH3 is 1. The first-order chi connectivity index (χ1) is 12.5. The van der Waals surface area contributed by atoms with Crippen molar-refractivity contribution in [2.24, 2.45) is 0 Å². The van der Waals surface area contributed by atoms with Crippen LogP contribution in [0.3, 0.4) is 0 Å². The van der Waals surface area contributed by atoms with Gasteiger partial charge in [-0.15, -0.1) is 0 Å². The highest BCUT2D eigenvalue weighted by Gasteiger charge is 2.14. The molecular weight excluding hydrogens is 375 g/mol. The molecule has 0 bridgehead atoms. The molecule has 5 nitrogen and oxygen atoms in total. The van der Waals surface area contributed by atoms with Crippen molar-refractivity contribution in [1.29, 1.82) is 5.26 Å². The molecule has 26 heavy (non-hydrogen) atoms. The normalized spacial score (nSPS) is 10.8. The van der Waals surface area contributed by atoms with E-state index in [0.717, 1.165) is 0 Å². The molecule has 134 valence electrons. The molecule has 2 aromatic carbocycles. The number of hydrogen-bond donors (Lipinski definition) is 1. The zero-order valence-electron chi connectivity index (χ0n) is 14.2. The number of halogens is 2. The van der Waals surface area contributed by atoms with Crippen LogP contribution in [-0.2, 0) is 4.79 Å². The third-order valence-electron chi connectivity index (χ3n) is 3.35. The molecule has 2 rings (SSSR count). The lowest BCUT2D eigenvalue weighted by Crippen LogP contribution is -2.14. The predicted octanol–water partition coefficient (Wildman–Crippen LogP) is 4.95. The van der Waals surface area contributed by atoms with E-state index in [1.54, 1.807) is 30.3 Å². The maximum absolute atomic E-state index is 12.5. The van der Waals surface area contributed by atoms with Gasteiger partial charge in [-0.25, -0.2) is 0 Å². The first-order valence-electron chi connectivity index (χ1n) is 7.67. The van der Waals surface area contributed by atoms with Crippen molar-refractivity contribution in [2.45, 2.75) is 6.92 Å². The molecule has 0 fully saturated rings. The number of nitrogens with zero attached hydrogens (tertiary/aromatic N) is 1. The summed E-state index contributed by atoms with van der Waals surface area (Å²) in [6.07, 6.45) is 1.42. The molecule has 0 aliphatic heterocycles. The number of nitriles is 1. The van der Waals surface area contributed by atoms with Gasteiger partial charge < -0.3 is 14.8 Å². The Bertz CT molecular complexity index is 889. The van der Waals surface area contributed by atoms with Gasteiger partial charge >= 0.3 is 0 Å². The number of amides is 1. The molecule has 0 aliphatic carbocycles. The molecule has 0 heterocycles. The molecular formula is C19H16Cl2N2O3. The van der Waals surface area contributed by atoms with Gasteiger partial charge in [-0.2, -0.15) is 5.26 Å². The van der Waals surface area contributed by atoms with Gasteiger partial charge in [0.2, 0.25) is 0 Å². The summed E-state index contributed by atoms with van der Waals surface area (Å²) in [5.74, 6) is 0.353. The number of carbonyl (C=O) groups excluding carboxylic acids is 1. The van der Waals surface area contributed by atoms with Gasteiger partial charge in [-0.05, 0) is 49.4 Å². The van der Waals surface area contributed by atoms with Gasteiger partial charge in [-0.1, -0.05) is 23.2 Å². The predicted molar refractivity (Wildman–Crippen MR) is 103 cm³/mol. The van der Waals surface area contributed by atoms with E-state index in [-0.39, 0.29) is 5.57 Å². The Balaban J connectivity index is 2.36. The fourth-order valence-corrected chi connectivity index (χ4v) is 2.54. The molecule has 0 unspecified atom stereocenters. The zero-order chi connectivity index (χ0) is 19.1. The second kappa shape index (κ2) is 9.14. The fourth-order valence-electron chi connectivity index (χ4n) is 2.19. The van der Waals surface area contributed by atoms with Crippen molar-refractivity contribution >= 4 is 40.9 Å². The number of nitrogens with one attached hydrogen (secondary N) is 1. The summed E-state index contributed by atoms with van der Waals surface area (Å²) in [6, 6.07) is 11.7. The average Bonchev–Trinajstić information content (AvgIpc) is 2.62. The van der Waals surface area contributed by atoms with Crippen LogP contribution in [0.4, 0.5) is 5.69 Å². The van der Waals surface area contributed by atoms with Crippen molar-refractivity contribution in [3.63, 3.8) is 0 Å². The van der Waals surface area contributed by atoms with E-state index in [2.05, 4.69) is 5.32 Å². The smallest absolute Gasteiger partial charge is 0.266 e. The second-order valence-electron chi connectivity index (χ2n) is 5.08. The molecule has 0 radical (unpaired) electrons. The summed E-state index contributed by atoms with van der Waals surface area (Å²) in [4.78, 5) is 12.5. The second-order valence-corrected chi connectivity index (χ2v) is 5.96. The Kier molecular flexibility index (Phi) is 6.90. The summed E-state index contributed by atoms with van der Waals surface area (Å²) in [6.45, 7) is 2.28. The van der Waals surface area contributed by atoms with Crippen LogP contribution in [0.2, 0.25) is 10.0 Å². The van der Waals surface area contributed by atoms with E-state index < -0.39 is 5.91 Å². The summed E-state index contributed by atoms with van der Waals surface area (Å²) in [5.41, 5.74) is 0.779. The van der Waals surface area contributed by atoms with Crippen LogP contribution in [0.25, 0.3) is 6.08 Å². The summed E-state index contributed by atoms with van der Waals surface area (Å²) in [5, 5.41) is 12.9. The standard InChI is InChI=1S/C19H16Cl2N2O3/c1-3-26-17-6-4-14(20)9-12(17)8-13(11-22)19(24)23-16-10-15(21)5-7-18(16)25-2/h4-10H,3H2,1-2H3,(H,23,24)/b13-8+. The topological polar surface area (TPSA) is 71.3 Å². The lowest BCUT2D eigenvalue weighted by molar-refractivity contribution is -0.112. The number of benzene rings is 2. The quantitative estimate of drug-likeness (QED) is 0.559. The number of ether oxygens (including phenoxy) is 2. The van der Waals surface area contributed by atoms with E-state index in [1.165, 1.54) is 19.3 Å². The molecule has 0 atom stereocenters. The molecule has 2 aromatic rings. The monoisotopic (exact) mass is 390 g/mol. The first-order valence-corrected chi connectivity index (χ1v) is 8.43. The summed E-state index contributed by atoms with van der Waals surface area (Å²) < 4.78 is 10.7. The van der Waals surface area contributed by atoms with Crippen LogP contribution in [0, 0.1) is 11.3 Å². The highest BCUT2D eigenvalue weighted by Crippen LogP contribution is 2.29. The molecule has 0 aliphatic rings. The Morgan fingerprint density at radius 2 is 1.85 bits per heavy atom. The highest BCUT2D eigenvalue weighted by atomic mass is 35.5. The lowest BCUT2D eigenvalue weighted by atomic mass is 10.1. The van der Waals surface area contributed by atoms with Gasteiger partial charge in [0.25, 0.3) is 5.91 Å². The number of carbonyl (C=O) groups is 1. The van der Waals surface area contributed by atoms with Crippen LogP contribution in [0.1, 0.15) is 12.5 Å². The molecule has 7 heteroatoms. The van der Waals surface area contributed by atoms with Gasteiger partial charge in [-0.3, -0.25) is 4.79 Å². The molecule has 0 spiro atoms. The summed E-state index contributed by atoms with van der Waals surface area (Å²) in [7, 11) is 1.47. The molecule has 1 N–H and O–H groups in total. The Hall–Kier alpha value is -2.68. The SMILES string of the molecule is CCOc1ccc(Cl)cc1/C=C(\C#N)C(=O)Nc1cc(Cl)ccc1OC. The first kappa shape index (κ1) is 19.6. The maximum atomic E-state index is 12.5. The Morgan fingerprint density at radius 3 is 2.46 bits per heavy atom. The van der Waals surface area contributed by atoms with Crippen molar-refractivity contribution in [1.82, 2.24) is 0 Å². The van der Waals surface area contributed by atoms with Crippen LogP contribution in [-0.4, -0.2) is 19.6 Å². The third-order valence-corrected chi connectivity index (χ3v) is 3.82. The lowest BCUT2D eigenvalue weighted by Gasteiger charge is -2.11. The maximum Gasteiger partial charge on any atom is 0.266 e. The number of rotatable bonds is 6. The van der Waals surface area contributed by atoms with Crippen molar-refractivity contribution in [3.05, 3.63) is 57.6 Å². The Morgan fingerprint density at radius 1 is 1.19 bits per heavy atom. The molecule has 0 aromatic heterocycles. The number of hydrogen-bond acceptors (Lipinski definition) is 4. The van der Waals surface area contributed by atoms with Crippen molar-refractivity contribution in [3.8, 4) is 17.6 Å². The Labute approximate surface area is 161 Å². The average molecular weight is 391 g/mol. The largest absolute Gasteiger partial charge is 0.495 e. The van der Waals surface area contributed by atoms with Crippen LogP contribution >= 0.6 is 23.2 Å². The van der Waals surface area contributed by atoms with Crippen molar-refractivity contribution in [2.75, 3.05) is 19.0 Å². The van der Waals surface area contributed by atoms with Gasteiger partial charge in [0.05, 0.1) is 19.4 Å².